The van der Waals surface area contributed by atoms with Gasteiger partial charge in [0.15, 0.2) is 0 Å². The van der Waals surface area contributed by atoms with Gasteiger partial charge in [-0.15, -0.1) is 0 Å². The Hall–Kier alpha value is -0.770. The zero-order valence-electron chi connectivity index (χ0n) is 10.6. The number of hydrogen-bond acceptors (Lipinski definition) is 3. The van der Waals surface area contributed by atoms with Gasteiger partial charge < -0.3 is 4.74 Å². The van der Waals surface area contributed by atoms with Crippen molar-refractivity contribution in [3.8, 4) is 0 Å². The number of hydrogen-bond donors (Lipinski definition) is 0. The minimum Gasteiger partial charge on any atom is -0.465 e. The molecule has 0 radical (unpaired) electrons. The van der Waals surface area contributed by atoms with E-state index < -0.39 is 0 Å². The molecule has 5 heteroatoms. The summed E-state index contributed by atoms with van der Waals surface area (Å²) in [5.41, 5.74) is 1.02. The number of benzene rings is 1. The van der Waals surface area contributed by atoms with Gasteiger partial charge in [0.1, 0.15) is 0 Å². The molecule has 3 nitrogen and oxygen atoms in total. The lowest BCUT2D eigenvalue weighted by Gasteiger charge is -2.19. The maximum Gasteiger partial charge on any atom is 0.320 e. The van der Waals surface area contributed by atoms with E-state index >= 15 is 0 Å². The van der Waals surface area contributed by atoms with E-state index in [2.05, 4.69) is 0 Å². The van der Waals surface area contributed by atoms with E-state index in [4.69, 9.17) is 27.9 Å². The highest BCUT2D eigenvalue weighted by Crippen LogP contribution is 2.23. The van der Waals surface area contributed by atoms with Gasteiger partial charge in [-0.05, 0) is 31.2 Å². The Morgan fingerprint density at radius 3 is 2.56 bits per heavy atom. The highest BCUT2D eigenvalue weighted by Gasteiger charge is 2.11. The Balaban J connectivity index is 2.62. The summed E-state index contributed by atoms with van der Waals surface area (Å²) in [5.74, 6) is -0.209. The molecule has 0 spiro atoms. The molecule has 1 aromatic carbocycles. The van der Waals surface area contributed by atoms with Gasteiger partial charge in [0.2, 0.25) is 0 Å². The van der Waals surface area contributed by atoms with Crippen molar-refractivity contribution in [2.75, 3.05) is 19.7 Å². The third-order valence-corrected chi connectivity index (χ3v) is 3.23. The first kappa shape index (κ1) is 15.3. The van der Waals surface area contributed by atoms with Crippen molar-refractivity contribution in [3.63, 3.8) is 0 Å². The summed E-state index contributed by atoms with van der Waals surface area (Å²) in [6.07, 6.45) is 0. The first-order chi connectivity index (χ1) is 8.56. The van der Waals surface area contributed by atoms with Gasteiger partial charge in [-0.25, -0.2) is 0 Å². The molecular weight excluding hydrogens is 273 g/mol. The third-order valence-electron chi connectivity index (χ3n) is 2.50. The molecule has 0 aromatic heterocycles. The molecule has 0 fully saturated rings. The van der Waals surface area contributed by atoms with Crippen molar-refractivity contribution >= 4 is 29.2 Å². The van der Waals surface area contributed by atoms with Crippen molar-refractivity contribution in [2.24, 2.45) is 0 Å². The smallest absolute Gasteiger partial charge is 0.320 e. The molecule has 0 unspecified atom stereocenters. The van der Waals surface area contributed by atoms with E-state index in [1.165, 1.54) is 0 Å². The highest BCUT2D eigenvalue weighted by atomic mass is 35.5. The van der Waals surface area contributed by atoms with Crippen LogP contribution in [-0.4, -0.2) is 30.6 Å². The number of halogens is 2. The minimum absolute atomic E-state index is 0.209. The second-order valence-corrected chi connectivity index (χ2v) is 4.67. The van der Waals surface area contributed by atoms with Crippen molar-refractivity contribution in [2.45, 2.75) is 20.4 Å². The molecular formula is C13H17Cl2NO2. The van der Waals surface area contributed by atoms with Crippen LogP contribution in [0.4, 0.5) is 0 Å². The fourth-order valence-corrected chi connectivity index (χ4v) is 1.89. The molecule has 0 saturated carbocycles. The Labute approximate surface area is 118 Å². The van der Waals surface area contributed by atoms with Crippen LogP contribution in [-0.2, 0) is 16.1 Å². The molecule has 0 heterocycles. The maximum absolute atomic E-state index is 11.4. The summed E-state index contributed by atoms with van der Waals surface area (Å²) in [4.78, 5) is 13.4. The lowest BCUT2D eigenvalue weighted by Crippen LogP contribution is -2.30. The largest absolute Gasteiger partial charge is 0.465 e. The number of carbonyl (C=O) groups is 1. The van der Waals surface area contributed by atoms with Crippen molar-refractivity contribution in [1.82, 2.24) is 4.90 Å². The van der Waals surface area contributed by atoms with Crippen LogP contribution in [0.1, 0.15) is 19.4 Å². The average Bonchev–Trinajstić information content (AvgIpc) is 2.33. The predicted octanol–water partition coefficient (Wildman–Crippen LogP) is 3.38. The number of esters is 1. The summed E-state index contributed by atoms with van der Waals surface area (Å²) < 4.78 is 4.93. The Kier molecular flexibility index (Phi) is 6.47. The molecule has 0 saturated heterocycles. The predicted molar refractivity (Wildman–Crippen MR) is 74.0 cm³/mol. The van der Waals surface area contributed by atoms with Gasteiger partial charge in [-0.1, -0.05) is 36.2 Å². The molecule has 0 N–H and O–H groups in total. The van der Waals surface area contributed by atoms with E-state index in [-0.39, 0.29) is 12.5 Å². The van der Waals surface area contributed by atoms with Gasteiger partial charge in [0.05, 0.1) is 23.2 Å². The van der Waals surface area contributed by atoms with Crippen LogP contribution < -0.4 is 0 Å². The van der Waals surface area contributed by atoms with E-state index in [1.807, 2.05) is 24.0 Å². The molecule has 0 amide bonds. The number of carbonyl (C=O) groups excluding carboxylic acids is 1. The molecule has 100 valence electrons. The van der Waals surface area contributed by atoms with Crippen LogP contribution in [0, 0.1) is 0 Å². The van der Waals surface area contributed by atoms with Crippen LogP contribution >= 0.6 is 23.2 Å². The normalized spacial score (nSPS) is 10.7. The summed E-state index contributed by atoms with van der Waals surface area (Å²) >= 11 is 11.8. The fraction of sp³-hybridized carbons (Fsp3) is 0.462. The zero-order valence-corrected chi connectivity index (χ0v) is 12.1. The molecule has 0 atom stereocenters. The molecule has 0 aliphatic carbocycles. The number of rotatable bonds is 6. The van der Waals surface area contributed by atoms with Gasteiger partial charge >= 0.3 is 5.97 Å². The number of likely N-dealkylation sites (N-methyl/N-ethyl adjacent to an activating group) is 1. The molecule has 0 aliphatic heterocycles. The van der Waals surface area contributed by atoms with E-state index in [9.17, 15) is 4.79 Å². The second kappa shape index (κ2) is 7.62. The van der Waals surface area contributed by atoms with Crippen LogP contribution in [0.15, 0.2) is 18.2 Å². The molecule has 1 rings (SSSR count). The van der Waals surface area contributed by atoms with Crippen LogP contribution in [0.2, 0.25) is 10.0 Å². The van der Waals surface area contributed by atoms with Gasteiger partial charge in [-0.2, -0.15) is 0 Å². The zero-order chi connectivity index (χ0) is 13.5. The molecule has 0 aliphatic rings. The summed E-state index contributed by atoms with van der Waals surface area (Å²) in [5, 5.41) is 1.07. The number of nitrogens with zero attached hydrogens (tertiary/aromatic N) is 1. The monoisotopic (exact) mass is 289 g/mol. The van der Waals surface area contributed by atoms with Crippen molar-refractivity contribution in [1.29, 1.82) is 0 Å². The second-order valence-electron chi connectivity index (χ2n) is 3.86. The lowest BCUT2D eigenvalue weighted by molar-refractivity contribution is -0.144. The van der Waals surface area contributed by atoms with Crippen LogP contribution in [0.5, 0.6) is 0 Å². The van der Waals surface area contributed by atoms with E-state index in [1.54, 1.807) is 13.0 Å². The lowest BCUT2D eigenvalue weighted by atomic mass is 10.2. The summed E-state index contributed by atoms with van der Waals surface area (Å²) in [7, 11) is 0. The maximum atomic E-state index is 11.4. The highest BCUT2D eigenvalue weighted by molar-refractivity contribution is 6.42. The topological polar surface area (TPSA) is 29.5 Å². The first-order valence-electron chi connectivity index (χ1n) is 5.88. The summed E-state index contributed by atoms with van der Waals surface area (Å²) in [6.45, 7) is 5.89. The average molecular weight is 290 g/mol. The number of ether oxygens (including phenoxy) is 1. The first-order valence-corrected chi connectivity index (χ1v) is 6.64. The van der Waals surface area contributed by atoms with Crippen LogP contribution in [0.3, 0.4) is 0 Å². The molecule has 18 heavy (non-hydrogen) atoms. The Bertz CT molecular complexity index is 410. The van der Waals surface area contributed by atoms with E-state index in [0.29, 0.717) is 23.2 Å². The third kappa shape index (κ3) is 4.84. The van der Waals surface area contributed by atoms with Gasteiger partial charge in [-0.3, -0.25) is 9.69 Å². The minimum atomic E-state index is -0.209. The Morgan fingerprint density at radius 2 is 2.00 bits per heavy atom. The van der Waals surface area contributed by atoms with E-state index in [0.717, 1.165) is 12.1 Å². The van der Waals surface area contributed by atoms with Gasteiger partial charge in [0, 0.05) is 6.54 Å². The Morgan fingerprint density at radius 1 is 1.28 bits per heavy atom. The SMILES string of the molecule is CCOC(=O)CN(CC)Cc1ccc(Cl)c(Cl)c1. The molecule has 0 bridgehead atoms. The van der Waals surface area contributed by atoms with Crippen molar-refractivity contribution in [3.05, 3.63) is 33.8 Å². The fourth-order valence-electron chi connectivity index (χ4n) is 1.56. The van der Waals surface area contributed by atoms with Crippen molar-refractivity contribution < 1.29 is 9.53 Å². The quantitative estimate of drug-likeness (QED) is 0.752. The van der Waals surface area contributed by atoms with Gasteiger partial charge in [0.25, 0.3) is 0 Å². The summed E-state index contributed by atoms with van der Waals surface area (Å²) in [6, 6.07) is 5.48. The van der Waals surface area contributed by atoms with Crippen LogP contribution in [0.25, 0.3) is 0 Å². The standard InChI is InChI=1S/C13H17Cl2NO2/c1-3-16(9-13(17)18-4-2)8-10-5-6-11(14)12(15)7-10/h5-7H,3-4,8-9H2,1-2H3. The molecule has 1 aromatic rings.